The van der Waals surface area contributed by atoms with E-state index in [0.29, 0.717) is 6.16 Å². The Morgan fingerprint density at radius 1 is 0.719 bits per heavy atom. The summed E-state index contributed by atoms with van der Waals surface area (Å²) in [6.07, 6.45) is 0.145. The van der Waals surface area contributed by atoms with Gasteiger partial charge in [0.25, 0.3) is 0 Å². The molecule has 0 spiro atoms. The monoisotopic (exact) mass is 450 g/mol. The minimum absolute atomic E-state index is 0.170. The summed E-state index contributed by atoms with van der Waals surface area (Å²) in [7, 11) is 0. The fraction of sp³-hybridized carbons (Fsp3) is 0.259. The summed E-state index contributed by atoms with van der Waals surface area (Å²) in [6, 6.07) is 24.3. The molecular formula is C27H31O4P. The van der Waals surface area contributed by atoms with Crippen LogP contribution in [0.5, 0.6) is 0 Å². The van der Waals surface area contributed by atoms with Gasteiger partial charge in [-0.3, -0.25) is 0 Å². The van der Waals surface area contributed by atoms with Gasteiger partial charge in [0.1, 0.15) is 0 Å². The standard InChI is InChI=1S/C27H31O4P/c1-5-32(23-15-9-6-12-20(23)2,24-16-10-7-13-21(24)3,25-17-11-8-14-22(25)4)31-27(30)19-18-26(28)29/h6-17H,5,18-19H2,1-4H3,(H,28,29). The molecule has 0 bridgehead atoms. The summed E-state index contributed by atoms with van der Waals surface area (Å²) >= 11 is 0. The quantitative estimate of drug-likeness (QED) is 0.502. The first-order chi connectivity index (χ1) is 15.3. The fourth-order valence-electron chi connectivity index (χ4n) is 4.87. The molecule has 3 aromatic rings. The van der Waals surface area contributed by atoms with Gasteiger partial charge in [-0.25, -0.2) is 0 Å². The topological polar surface area (TPSA) is 63.6 Å². The number of carboxylic acids is 1. The summed E-state index contributed by atoms with van der Waals surface area (Å²) in [4.78, 5) is 24.5. The molecule has 0 atom stereocenters. The van der Waals surface area contributed by atoms with E-state index in [-0.39, 0.29) is 12.8 Å². The van der Waals surface area contributed by atoms with Crippen molar-refractivity contribution < 1.29 is 19.2 Å². The molecule has 0 aliphatic rings. The molecule has 0 unspecified atom stereocenters. The minimum atomic E-state index is -3.78. The van der Waals surface area contributed by atoms with Crippen molar-refractivity contribution >= 4 is 34.7 Å². The summed E-state index contributed by atoms with van der Waals surface area (Å²) < 4.78 is 6.75. The summed E-state index contributed by atoms with van der Waals surface area (Å²) in [6.45, 7) is 4.44. The van der Waals surface area contributed by atoms with Crippen molar-refractivity contribution in [3.8, 4) is 0 Å². The van der Waals surface area contributed by atoms with Crippen LogP contribution in [-0.4, -0.2) is 23.2 Å². The second-order valence-corrected chi connectivity index (χ2v) is 12.9. The molecule has 0 saturated carbocycles. The Hall–Kier alpha value is -2.97. The van der Waals surface area contributed by atoms with Crippen LogP contribution in [0, 0.1) is 20.8 Å². The predicted octanol–water partition coefficient (Wildman–Crippen LogP) is 4.78. The van der Waals surface area contributed by atoms with Crippen LogP contribution in [0.1, 0.15) is 36.5 Å². The SMILES string of the molecule is CCP(OC(=O)CCC(=O)O)(c1ccccc1C)(c1ccccc1C)c1ccccc1C. The van der Waals surface area contributed by atoms with E-state index in [0.717, 1.165) is 32.6 Å². The van der Waals surface area contributed by atoms with Gasteiger partial charge in [-0.2, -0.15) is 0 Å². The van der Waals surface area contributed by atoms with Gasteiger partial charge in [-0.1, -0.05) is 0 Å². The molecule has 0 radical (unpaired) electrons. The van der Waals surface area contributed by atoms with Crippen LogP contribution in [0.25, 0.3) is 0 Å². The van der Waals surface area contributed by atoms with E-state index in [9.17, 15) is 9.59 Å². The molecule has 0 amide bonds. The summed E-state index contributed by atoms with van der Waals surface area (Å²) in [5.41, 5.74) is 3.14. The van der Waals surface area contributed by atoms with Crippen molar-refractivity contribution in [1.29, 1.82) is 0 Å². The molecule has 3 rings (SSSR count). The third kappa shape index (κ3) is 3.84. The third-order valence-corrected chi connectivity index (χ3v) is 12.7. The zero-order valence-electron chi connectivity index (χ0n) is 19.2. The van der Waals surface area contributed by atoms with Gasteiger partial charge in [0.15, 0.2) is 0 Å². The first-order valence-corrected chi connectivity index (χ1v) is 13.2. The zero-order chi connectivity index (χ0) is 23.4. The van der Waals surface area contributed by atoms with Crippen molar-refractivity contribution in [3.05, 3.63) is 89.5 Å². The van der Waals surface area contributed by atoms with Gasteiger partial charge in [-0.15, -0.1) is 0 Å². The maximum absolute atomic E-state index is 13.3. The zero-order valence-corrected chi connectivity index (χ0v) is 20.1. The van der Waals surface area contributed by atoms with E-state index in [1.54, 1.807) is 0 Å². The van der Waals surface area contributed by atoms with Crippen LogP contribution in [0.3, 0.4) is 0 Å². The average Bonchev–Trinajstić information content (AvgIpc) is 2.78. The molecule has 0 fully saturated rings. The molecule has 32 heavy (non-hydrogen) atoms. The van der Waals surface area contributed by atoms with Gasteiger partial charge >= 0.3 is 190 Å². The first kappa shape index (κ1) is 23.7. The number of aliphatic carboxylic acids is 1. The van der Waals surface area contributed by atoms with Crippen LogP contribution in [0.2, 0.25) is 0 Å². The van der Waals surface area contributed by atoms with Crippen LogP contribution < -0.4 is 15.9 Å². The van der Waals surface area contributed by atoms with Crippen molar-refractivity contribution in [2.45, 2.75) is 40.5 Å². The molecule has 0 saturated heterocycles. The van der Waals surface area contributed by atoms with Gasteiger partial charge < -0.3 is 0 Å². The average molecular weight is 451 g/mol. The van der Waals surface area contributed by atoms with Crippen LogP contribution in [-0.2, 0) is 14.1 Å². The normalized spacial score (nSPS) is 12.6. The van der Waals surface area contributed by atoms with Crippen molar-refractivity contribution in [2.24, 2.45) is 0 Å². The summed E-state index contributed by atoms with van der Waals surface area (Å²) in [5, 5.41) is 12.2. The number of carboxylic acid groups (broad SMARTS) is 1. The molecule has 0 heterocycles. The van der Waals surface area contributed by atoms with Gasteiger partial charge in [0.05, 0.1) is 0 Å². The Kier molecular flexibility index (Phi) is 6.85. The number of hydrogen-bond donors (Lipinski definition) is 1. The Bertz CT molecular complexity index is 1040. The maximum atomic E-state index is 13.3. The first-order valence-electron chi connectivity index (χ1n) is 10.9. The van der Waals surface area contributed by atoms with Crippen molar-refractivity contribution in [2.75, 3.05) is 6.16 Å². The third-order valence-electron chi connectivity index (χ3n) is 6.32. The number of carbonyl (C=O) groups is 2. The Labute approximate surface area is 190 Å². The van der Waals surface area contributed by atoms with Gasteiger partial charge in [-0.05, 0) is 0 Å². The summed E-state index contributed by atoms with van der Waals surface area (Å²) in [5.74, 6) is -1.50. The fourth-order valence-corrected chi connectivity index (χ4v) is 11.3. The molecular weight excluding hydrogens is 419 g/mol. The van der Waals surface area contributed by atoms with E-state index >= 15 is 0 Å². The Morgan fingerprint density at radius 3 is 1.41 bits per heavy atom. The van der Waals surface area contributed by atoms with E-state index in [4.69, 9.17) is 9.63 Å². The van der Waals surface area contributed by atoms with Crippen LogP contribution in [0.4, 0.5) is 0 Å². The molecule has 4 nitrogen and oxygen atoms in total. The van der Waals surface area contributed by atoms with E-state index in [1.165, 1.54) is 0 Å². The second kappa shape index (κ2) is 9.26. The molecule has 168 valence electrons. The molecule has 3 aromatic carbocycles. The Balaban J connectivity index is 2.51. The number of carbonyl (C=O) groups excluding carboxylic acids is 1. The van der Waals surface area contributed by atoms with Crippen molar-refractivity contribution in [1.82, 2.24) is 0 Å². The number of hydrogen-bond acceptors (Lipinski definition) is 3. The van der Waals surface area contributed by atoms with Crippen molar-refractivity contribution in [3.63, 3.8) is 0 Å². The van der Waals surface area contributed by atoms with E-state index in [2.05, 4.69) is 25.1 Å². The van der Waals surface area contributed by atoms with Crippen LogP contribution >= 0.6 is 6.83 Å². The van der Waals surface area contributed by atoms with Gasteiger partial charge in [0, 0.05) is 0 Å². The predicted molar refractivity (Wildman–Crippen MR) is 133 cm³/mol. The molecule has 0 aliphatic heterocycles. The number of rotatable bonds is 8. The Morgan fingerprint density at radius 2 is 1.09 bits per heavy atom. The molecule has 1 N–H and O–H groups in total. The van der Waals surface area contributed by atoms with E-state index < -0.39 is 18.8 Å². The van der Waals surface area contributed by atoms with Crippen LogP contribution in [0.15, 0.2) is 72.8 Å². The number of aryl methyl sites for hydroxylation is 3. The molecule has 0 aromatic heterocycles. The van der Waals surface area contributed by atoms with Gasteiger partial charge in [0.2, 0.25) is 0 Å². The number of benzene rings is 3. The molecule has 5 heteroatoms. The second-order valence-electron chi connectivity index (χ2n) is 8.25. The molecule has 0 aliphatic carbocycles. The van der Waals surface area contributed by atoms with E-state index in [1.807, 2.05) is 75.4 Å².